The van der Waals surface area contributed by atoms with Crippen molar-refractivity contribution < 1.29 is 33.3 Å². The average Bonchev–Trinajstić information content (AvgIpc) is 3.18. The van der Waals surface area contributed by atoms with E-state index in [2.05, 4.69) is 10.1 Å². The average molecular weight is 383 g/mol. The van der Waals surface area contributed by atoms with Gasteiger partial charge in [-0.25, -0.2) is 9.59 Å². The van der Waals surface area contributed by atoms with Gasteiger partial charge in [0.25, 0.3) is 5.91 Å². The van der Waals surface area contributed by atoms with Crippen LogP contribution in [0.2, 0.25) is 0 Å². The summed E-state index contributed by atoms with van der Waals surface area (Å²) in [6, 6.07) is 11.4. The first-order valence-corrected chi connectivity index (χ1v) is 8.28. The first-order valence-electron chi connectivity index (χ1n) is 8.28. The second-order valence-corrected chi connectivity index (χ2v) is 5.67. The Morgan fingerprint density at radius 2 is 1.82 bits per heavy atom. The van der Waals surface area contributed by atoms with Crippen molar-refractivity contribution in [2.75, 3.05) is 25.8 Å². The second kappa shape index (κ2) is 8.72. The number of benzene rings is 2. The summed E-state index contributed by atoms with van der Waals surface area (Å²) >= 11 is 0. The third-order valence-corrected chi connectivity index (χ3v) is 3.74. The van der Waals surface area contributed by atoms with Crippen molar-refractivity contribution in [2.45, 2.75) is 0 Å². The highest BCUT2D eigenvalue weighted by atomic mass is 16.7. The molecule has 2 aromatic rings. The summed E-state index contributed by atoms with van der Waals surface area (Å²) in [6.45, 7) is -0.270. The Balaban J connectivity index is 1.46. The van der Waals surface area contributed by atoms with Crippen LogP contribution in [0.3, 0.4) is 0 Å². The van der Waals surface area contributed by atoms with E-state index in [-0.39, 0.29) is 6.79 Å². The van der Waals surface area contributed by atoms with Crippen molar-refractivity contribution in [1.29, 1.82) is 0 Å². The van der Waals surface area contributed by atoms with Gasteiger partial charge in [-0.2, -0.15) is 0 Å². The van der Waals surface area contributed by atoms with Gasteiger partial charge in [0.1, 0.15) is 0 Å². The molecule has 0 aromatic heterocycles. The summed E-state index contributed by atoms with van der Waals surface area (Å²) in [6.07, 6.45) is 2.77. The fraction of sp³-hybridized carbons (Fsp3) is 0.150. The van der Waals surface area contributed by atoms with E-state index in [9.17, 15) is 14.4 Å². The van der Waals surface area contributed by atoms with Gasteiger partial charge in [0.15, 0.2) is 18.1 Å². The SMILES string of the molecule is COC(=O)c1ccc(NC(=O)COC(=O)C=Cc2ccc3c(c2)OCO3)cc1. The minimum absolute atomic E-state index is 0.172. The normalized spacial score (nSPS) is 11.9. The molecule has 8 nitrogen and oxygen atoms in total. The Hall–Kier alpha value is -3.81. The Labute approximate surface area is 160 Å². The van der Waals surface area contributed by atoms with E-state index in [1.807, 2.05) is 0 Å². The molecule has 1 heterocycles. The molecule has 0 unspecified atom stereocenters. The van der Waals surface area contributed by atoms with Crippen molar-refractivity contribution in [2.24, 2.45) is 0 Å². The molecule has 1 amide bonds. The van der Waals surface area contributed by atoms with Crippen LogP contribution in [-0.2, 0) is 19.1 Å². The van der Waals surface area contributed by atoms with Crippen LogP contribution in [0.5, 0.6) is 11.5 Å². The molecule has 3 rings (SSSR count). The first kappa shape index (κ1) is 19.0. The molecular formula is C20H17NO7. The maximum atomic E-state index is 11.9. The smallest absolute Gasteiger partial charge is 0.337 e. The third kappa shape index (κ3) is 4.88. The molecule has 144 valence electrons. The van der Waals surface area contributed by atoms with E-state index in [1.54, 1.807) is 36.4 Å². The second-order valence-electron chi connectivity index (χ2n) is 5.67. The summed E-state index contributed by atoms with van der Waals surface area (Å²) in [5.74, 6) is -0.380. The van der Waals surface area contributed by atoms with Gasteiger partial charge >= 0.3 is 11.9 Å². The lowest BCUT2D eigenvalue weighted by atomic mass is 10.2. The van der Waals surface area contributed by atoms with Gasteiger partial charge in [-0.3, -0.25) is 4.79 Å². The van der Waals surface area contributed by atoms with E-state index in [0.717, 1.165) is 5.56 Å². The minimum Gasteiger partial charge on any atom is -0.465 e. The molecule has 0 atom stereocenters. The van der Waals surface area contributed by atoms with Crippen molar-refractivity contribution >= 4 is 29.6 Å². The number of rotatable bonds is 6. The number of hydrogen-bond donors (Lipinski definition) is 1. The molecule has 0 radical (unpaired) electrons. The Morgan fingerprint density at radius 1 is 1.07 bits per heavy atom. The number of nitrogens with one attached hydrogen (secondary N) is 1. The van der Waals surface area contributed by atoms with E-state index in [0.29, 0.717) is 22.7 Å². The quantitative estimate of drug-likeness (QED) is 0.604. The maximum absolute atomic E-state index is 11.9. The van der Waals surface area contributed by atoms with Crippen LogP contribution in [-0.4, -0.2) is 38.4 Å². The van der Waals surface area contributed by atoms with Crippen molar-refractivity contribution in [3.8, 4) is 11.5 Å². The number of esters is 2. The van der Waals surface area contributed by atoms with E-state index >= 15 is 0 Å². The molecule has 1 N–H and O–H groups in total. The summed E-state index contributed by atoms with van der Waals surface area (Å²) in [7, 11) is 1.29. The highest BCUT2D eigenvalue weighted by Crippen LogP contribution is 2.32. The van der Waals surface area contributed by atoms with E-state index in [1.165, 1.54) is 25.3 Å². The Kier molecular flexibility index (Phi) is 5.91. The zero-order valence-electron chi connectivity index (χ0n) is 15.0. The summed E-state index contributed by atoms with van der Waals surface area (Å²) in [5, 5.41) is 2.56. The van der Waals surface area contributed by atoms with Crippen molar-refractivity contribution in [3.63, 3.8) is 0 Å². The lowest BCUT2D eigenvalue weighted by Crippen LogP contribution is -2.20. The summed E-state index contributed by atoms with van der Waals surface area (Å²) in [4.78, 5) is 35.0. The largest absolute Gasteiger partial charge is 0.465 e. The van der Waals surface area contributed by atoms with Gasteiger partial charge in [-0.1, -0.05) is 6.07 Å². The van der Waals surface area contributed by atoms with Gasteiger partial charge in [-0.05, 0) is 48.0 Å². The van der Waals surface area contributed by atoms with Crippen LogP contribution in [0, 0.1) is 0 Å². The van der Waals surface area contributed by atoms with Crippen LogP contribution in [0.15, 0.2) is 48.5 Å². The van der Waals surface area contributed by atoms with Gasteiger partial charge in [0, 0.05) is 11.8 Å². The molecule has 0 saturated carbocycles. The summed E-state index contributed by atoms with van der Waals surface area (Å²) < 4.78 is 20.0. The lowest BCUT2D eigenvalue weighted by Gasteiger charge is -2.06. The number of anilines is 1. The fourth-order valence-corrected chi connectivity index (χ4v) is 2.37. The number of methoxy groups -OCH3 is 1. The predicted molar refractivity (Wildman–Crippen MR) is 99.0 cm³/mol. The molecule has 0 spiro atoms. The molecule has 0 saturated heterocycles. The molecule has 28 heavy (non-hydrogen) atoms. The Bertz CT molecular complexity index is 919. The molecule has 1 aliphatic rings. The van der Waals surface area contributed by atoms with Crippen LogP contribution in [0.25, 0.3) is 6.08 Å². The molecular weight excluding hydrogens is 366 g/mol. The third-order valence-electron chi connectivity index (χ3n) is 3.74. The van der Waals surface area contributed by atoms with Crippen LogP contribution in [0.1, 0.15) is 15.9 Å². The summed E-state index contributed by atoms with van der Waals surface area (Å²) in [5.41, 5.74) is 1.56. The first-order chi connectivity index (χ1) is 13.5. The number of amides is 1. The molecule has 0 aliphatic carbocycles. The molecule has 8 heteroatoms. The zero-order valence-corrected chi connectivity index (χ0v) is 15.0. The zero-order chi connectivity index (χ0) is 19.9. The van der Waals surface area contributed by atoms with Gasteiger partial charge in [0.2, 0.25) is 6.79 Å². The van der Waals surface area contributed by atoms with Gasteiger partial charge < -0.3 is 24.3 Å². The van der Waals surface area contributed by atoms with Crippen molar-refractivity contribution in [1.82, 2.24) is 0 Å². The molecule has 2 aromatic carbocycles. The highest BCUT2D eigenvalue weighted by Gasteiger charge is 2.12. The fourth-order valence-electron chi connectivity index (χ4n) is 2.37. The molecule has 1 aliphatic heterocycles. The minimum atomic E-state index is -0.658. The van der Waals surface area contributed by atoms with Crippen LogP contribution >= 0.6 is 0 Å². The van der Waals surface area contributed by atoms with Crippen LogP contribution < -0.4 is 14.8 Å². The number of hydrogen-bond acceptors (Lipinski definition) is 7. The monoisotopic (exact) mass is 383 g/mol. The highest BCUT2D eigenvalue weighted by molar-refractivity contribution is 5.95. The standard InChI is InChI=1S/C20H17NO7/c1-25-20(24)14-4-6-15(7-5-14)21-18(22)11-26-19(23)9-3-13-2-8-16-17(10-13)28-12-27-16/h2-10H,11-12H2,1H3,(H,21,22). The molecule has 0 bridgehead atoms. The van der Waals surface area contributed by atoms with E-state index in [4.69, 9.17) is 14.2 Å². The number of carbonyl (C=O) groups excluding carboxylic acids is 3. The van der Waals surface area contributed by atoms with Crippen LogP contribution in [0.4, 0.5) is 5.69 Å². The number of fused-ring (bicyclic) bond motifs is 1. The predicted octanol–water partition coefficient (Wildman–Crippen LogP) is 2.40. The van der Waals surface area contributed by atoms with Gasteiger partial charge in [0.05, 0.1) is 12.7 Å². The molecule has 0 fully saturated rings. The maximum Gasteiger partial charge on any atom is 0.337 e. The number of carbonyl (C=O) groups is 3. The lowest BCUT2D eigenvalue weighted by molar-refractivity contribution is -0.142. The number of ether oxygens (including phenoxy) is 4. The Morgan fingerprint density at radius 3 is 2.57 bits per heavy atom. The topological polar surface area (TPSA) is 100 Å². The van der Waals surface area contributed by atoms with E-state index < -0.39 is 24.5 Å². The van der Waals surface area contributed by atoms with Gasteiger partial charge in [-0.15, -0.1) is 0 Å². The van der Waals surface area contributed by atoms with Crippen molar-refractivity contribution in [3.05, 3.63) is 59.7 Å².